The van der Waals surface area contributed by atoms with E-state index in [2.05, 4.69) is 15.5 Å². The van der Waals surface area contributed by atoms with Crippen molar-refractivity contribution < 1.29 is 27.1 Å². The SMILES string of the molecule is CCN(CC)S(=O)(=O)c1ccc(-c2nnc(SCC(=O)Nc3ccc(OC)cc3OC)o2)cc1. The number of sulfonamides is 1. The van der Waals surface area contributed by atoms with Crippen molar-refractivity contribution in [2.24, 2.45) is 0 Å². The van der Waals surface area contributed by atoms with Gasteiger partial charge in [-0.3, -0.25) is 4.79 Å². The van der Waals surface area contributed by atoms with E-state index in [-0.39, 0.29) is 27.7 Å². The zero-order chi connectivity index (χ0) is 24.7. The molecule has 0 aliphatic carbocycles. The van der Waals surface area contributed by atoms with E-state index in [1.807, 2.05) is 0 Å². The molecule has 0 atom stereocenters. The second kappa shape index (κ2) is 11.4. The first-order valence-corrected chi connectivity index (χ1v) is 12.8. The van der Waals surface area contributed by atoms with Crippen LogP contribution in [-0.4, -0.2) is 61.9 Å². The quantitative estimate of drug-likeness (QED) is 0.389. The number of hydrogen-bond acceptors (Lipinski definition) is 9. The highest BCUT2D eigenvalue weighted by atomic mass is 32.2. The number of nitrogens with zero attached hydrogens (tertiary/aromatic N) is 3. The molecule has 0 bridgehead atoms. The molecule has 3 aromatic rings. The number of anilines is 1. The molecule has 0 radical (unpaired) electrons. The van der Waals surface area contributed by atoms with Gasteiger partial charge in [0, 0.05) is 24.7 Å². The van der Waals surface area contributed by atoms with Crippen LogP contribution in [0.3, 0.4) is 0 Å². The Morgan fingerprint density at radius 3 is 2.38 bits per heavy atom. The van der Waals surface area contributed by atoms with Gasteiger partial charge in [-0.2, -0.15) is 4.31 Å². The maximum Gasteiger partial charge on any atom is 0.277 e. The molecule has 0 aliphatic rings. The summed E-state index contributed by atoms with van der Waals surface area (Å²) in [5, 5.41) is 10.9. The molecule has 1 N–H and O–H groups in total. The lowest BCUT2D eigenvalue weighted by Gasteiger charge is -2.18. The molecule has 1 amide bonds. The molecule has 3 rings (SSSR count). The summed E-state index contributed by atoms with van der Waals surface area (Å²) in [5.41, 5.74) is 1.09. The number of carbonyl (C=O) groups is 1. The molecular formula is C22H26N4O6S2. The summed E-state index contributed by atoms with van der Waals surface area (Å²) in [5.74, 6) is 1.08. The van der Waals surface area contributed by atoms with E-state index >= 15 is 0 Å². The van der Waals surface area contributed by atoms with Gasteiger partial charge in [-0.1, -0.05) is 25.6 Å². The van der Waals surface area contributed by atoms with E-state index in [1.165, 1.54) is 23.5 Å². The normalized spacial score (nSPS) is 11.4. The van der Waals surface area contributed by atoms with E-state index in [4.69, 9.17) is 13.9 Å². The summed E-state index contributed by atoms with van der Waals surface area (Å²) in [6.45, 7) is 4.37. The number of nitrogens with one attached hydrogen (secondary N) is 1. The van der Waals surface area contributed by atoms with Crippen LogP contribution >= 0.6 is 11.8 Å². The highest BCUT2D eigenvalue weighted by Gasteiger charge is 2.22. The Morgan fingerprint density at radius 1 is 1.06 bits per heavy atom. The third-order valence-electron chi connectivity index (χ3n) is 4.86. The van der Waals surface area contributed by atoms with Crippen LogP contribution in [0.5, 0.6) is 11.5 Å². The van der Waals surface area contributed by atoms with Crippen LogP contribution in [0.15, 0.2) is 57.0 Å². The molecule has 1 aromatic heterocycles. The van der Waals surface area contributed by atoms with E-state index in [0.717, 1.165) is 11.8 Å². The number of amides is 1. The summed E-state index contributed by atoms with van der Waals surface area (Å²) < 4.78 is 42.7. The molecule has 0 unspecified atom stereocenters. The average molecular weight is 507 g/mol. The predicted octanol–water partition coefficient (Wildman–Crippen LogP) is 3.52. The van der Waals surface area contributed by atoms with Crippen LogP contribution in [-0.2, 0) is 14.8 Å². The Hall–Kier alpha value is -3.09. The number of hydrogen-bond donors (Lipinski definition) is 1. The fourth-order valence-electron chi connectivity index (χ4n) is 3.08. The molecule has 0 saturated carbocycles. The van der Waals surface area contributed by atoms with E-state index in [0.29, 0.717) is 35.8 Å². The fourth-order valence-corrected chi connectivity index (χ4v) is 5.10. The van der Waals surface area contributed by atoms with Crippen molar-refractivity contribution in [1.82, 2.24) is 14.5 Å². The molecule has 0 spiro atoms. The summed E-state index contributed by atoms with van der Waals surface area (Å²) in [7, 11) is -0.495. The third kappa shape index (κ3) is 5.88. The Bertz CT molecular complexity index is 1220. The summed E-state index contributed by atoms with van der Waals surface area (Å²) in [6.07, 6.45) is 0. The van der Waals surface area contributed by atoms with E-state index in [9.17, 15) is 13.2 Å². The van der Waals surface area contributed by atoms with Gasteiger partial charge in [0.05, 0.1) is 30.6 Å². The zero-order valence-corrected chi connectivity index (χ0v) is 20.9. The van der Waals surface area contributed by atoms with Crippen molar-refractivity contribution in [3.05, 3.63) is 42.5 Å². The van der Waals surface area contributed by atoms with Crippen molar-refractivity contribution in [3.63, 3.8) is 0 Å². The van der Waals surface area contributed by atoms with Gasteiger partial charge in [-0.05, 0) is 36.4 Å². The third-order valence-corrected chi connectivity index (χ3v) is 7.74. The second-order valence-electron chi connectivity index (χ2n) is 6.89. The number of methoxy groups -OCH3 is 2. The summed E-state index contributed by atoms with van der Waals surface area (Å²) >= 11 is 1.08. The molecular weight excluding hydrogens is 480 g/mol. The van der Waals surface area contributed by atoms with Gasteiger partial charge in [0.25, 0.3) is 5.22 Å². The topological polar surface area (TPSA) is 124 Å². The van der Waals surface area contributed by atoms with Crippen molar-refractivity contribution in [2.75, 3.05) is 38.4 Å². The lowest BCUT2D eigenvalue weighted by atomic mass is 10.2. The minimum Gasteiger partial charge on any atom is -0.497 e. The summed E-state index contributed by atoms with van der Waals surface area (Å²) in [6, 6.07) is 11.3. The first kappa shape index (κ1) is 25.5. The summed E-state index contributed by atoms with van der Waals surface area (Å²) in [4.78, 5) is 12.5. The van der Waals surface area contributed by atoms with Gasteiger partial charge in [-0.25, -0.2) is 8.42 Å². The molecule has 10 nitrogen and oxygen atoms in total. The Balaban J connectivity index is 1.62. The van der Waals surface area contributed by atoms with Crippen LogP contribution < -0.4 is 14.8 Å². The standard InChI is InChI=1S/C22H26N4O6S2/c1-5-26(6-2)34(28,29)17-10-7-15(8-11-17)21-24-25-22(32-21)33-14-20(27)23-18-12-9-16(30-3)13-19(18)31-4/h7-13H,5-6,14H2,1-4H3,(H,23,27). The fraction of sp³-hybridized carbons (Fsp3) is 0.318. The van der Waals surface area contributed by atoms with Gasteiger partial charge < -0.3 is 19.2 Å². The highest BCUT2D eigenvalue weighted by Crippen LogP contribution is 2.30. The largest absolute Gasteiger partial charge is 0.497 e. The van der Waals surface area contributed by atoms with Gasteiger partial charge >= 0.3 is 0 Å². The molecule has 182 valence electrons. The molecule has 34 heavy (non-hydrogen) atoms. The van der Waals surface area contributed by atoms with Crippen molar-refractivity contribution in [3.8, 4) is 23.0 Å². The smallest absolute Gasteiger partial charge is 0.277 e. The number of aromatic nitrogens is 2. The maximum absolute atomic E-state index is 12.6. The van der Waals surface area contributed by atoms with Crippen LogP contribution in [0, 0.1) is 0 Å². The van der Waals surface area contributed by atoms with Crippen LogP contribution in [0.2, 0.25) is 0 Å². The number of ether oxygens (including phenoxy) is 2. The molecule has 2 aromatic carbocycles. The maximum atomic E-state index is 12.6. The molecule has 0 aliphatic heterocycles. The van der Waals surface area contributed by atoms with Crippen LogP contribution in [0.25, 0.3) is 11.5 Å². The van der Waals surface area contributed by atoms with Gasteiger partial charge in [0.15, 0.2) is 0 Å². The van der Waals surface area contributed by atoms with Crippen molar-refractivity contribution in [2.45, 2.75) is 24.0 Å². The Labute approximate surface area is 202 Å². The molecule has 0 saturated heterocycles. The molecule has 0 fully saturated rings. The lowest BCUT2D eigenvalue weighted by molar-refractivity contribution is -0.113. The average Bonchev–Trinajstić information content (AvgIpc) is 3.33. The first-order chi connectivity index (χ1) is 16.3. The Kier molecular flexibility index (Phi) is 8.53. The second-order valence-corrected chi connectivity index (χ2v) is 9.75. The number of carbonyl (C=O) groups excluding carboxylic acids is 1. The predicted molar refractivity (Wildman–Crippen MR) is 129 cm³/mol. The highest BCUT2D eigenvalue weighted by molar-refractivity contribution is 7.99. The molecule has 12 heteroatoms. The van der Waals surface area contributed by atoms with E-state index in [1.54, 1.807) is 51.3 Å². The van der Waals surface area contributed by atoms with Crippen molar-refractivity contribution >= 4 is 33.4 Å². The van der Waals surface area contributed by atoms with Crippen molar-refractivity contribution in [1.29, 1.82) is 0 Å². The monoisotopic (exact) mass is 506 g/mol. The lowest BCUT2D eigenvalue weighted by Crippen LogP contribution is -2.30. The van der Waals surface area contributed by atoms with E-state index < -0.39 is 10.0 Å². The van der Waals surface area contributed by atoms with Gasteiger partial charge in [-0.15, -0.1) is 10.2 Å². The van der Waals surface area contributed by atoms with Crippen LogP contribution in [0.4, 0.5) is 5.69 Å². The number of benzene rings is 2. The Morgan fingerprint density at radius 2 is 1.76 bits per heavy atom. The first-order valence-electron chi connectivity index (χ1n) is 10.4. The van der Waals surface area contributed by atoms with Gasteiger partial charge in [0.1, 0.15) is 11.5 Å². The van der Waals surface area contributed by atoms with Gasteiger partial charge in [0.2, 0.25) is 21.8 Å². The number of rotatable bonds is 11. The minimum atomic E-state index is -3.55. The molecule has 1 heterocycles. The number of thioether (sulfide) groups is 1. The van der Waals surface area contributed by atoms with Crippen LogP contribution in [0.1, 0.15) is 13.8 Å². The minimum absolute atomic E-state index is 0.0396. The zero-order valence-electron chi connectivity index (χ0n) is 19.3.